The standard InChI is InChI=1S/C27H37N5O4/c1-19(2)27(34)32(17-20-6-7-20)18-26(33)31-13-5-12-30(14-15-31)25-11-10-23(28-29-25)22-9-8-21(35-3)16-24(22)36-4/h8-11,16,19-20H,5-7,12-15,17-18H2,1-4H3. The number of anilines is 1. The number of hydrogen-bond acceptors (Lipinski definition) is 7. The minimum Gasteiger partial charge on any atom is -0.497 e. The molecule has 1 aromatic carbocycles. The molecule has 0 atom stereocenters. The number of benzene rings is 1. The van der Waals surface area contributed by atoms with E-state index in [9.17, 15) is 9.59 Å². The molecule has 1 aromatic heterocycles. The summed E-state index contributed by atoms with van der Waals surface area (Å²) in [7, 11) is 3.24. The highest BCUT2D eigenvalue weighted by molar-refractivity contribution is 5.85. The summed E-state index contributed by atoms with van der Waals surface area (Å²) in [6.07, 6.45) is 3.14. The lowest BCUT2D eigenvalue weighted by molar-refractivity contribution is -0.142. The molecule has 2 amide bonds. The summed E-state index contributed by atoms with van der Waals surface area (Å²) in [6.45, 7) is 7.40. The number of hydrogen-bond donors (Lipinski definition) is 0. The summed E-state index contributed by atoms with van der Waals surface area (Å²) >= 11 is 0. The third-order valence-electron chi connectivity index (χ3n) is 6.81. The van der Waals surface area contributed by atoms with Gasteiger partial charge < -0.3 is 24.2 Å². The molecule has 0 radical (unpaired) electrons. The van der Waals surface area contributed by atoms with Gasteiger partial charge in [0.2, 0.25) is 11.8 Å². The van der Waals surface area contributed by atoms with Gasteiger partial charge in [0.25, 0.3) is 0 Å². The first-order chi connectivity index (χ1) is 17.4. The van der Waals surface area contributed by atoms with E-state index in [1.165, 1.54) is 0 Å². The van der Waals surface area contributed by atoms with E-state index in [0.717, 1.165) is 42.9 Å². The van der Waals surface area contributed by atoms with Crippen molar-refractivity contribution in [3.8, 4) is 22.8 Å². The Bertz CT molecular complexity index is 1050. The SMILES string of the molecule is COc1ccc(-c2ccc(N3CCCN(C(=O)CN(CC4CC4)C(=O)C(C)C)CC3)nn2)c(OC)c1. The predicted octanol–water partition coefficient (Wildman–Crippen LogP) is 3.09. The zero-order valence-corrected chi connectivity index (χ0v) is 21.8. The van der Waals surface area contributed by atoms with Gasteiger partial charge in [-0.15, -0.1) is 10.2 Å². The number of nitrogens with zero attached hydrogens (tertiary/aromatic N) is 5. The molecule has 36 heavy (non-hydrogen) atoms. The van der Waals surface area contributed by atoms with Gasteiger partial charge in [0.1, 0.15) is 11.5 Å². The van der Waals surface area contributed by atoms with Crippen molar-refractivity contribution in [2.75, 3.05) is 58.4 Å². The van der Waals surface area contributed by atoms with Crippen LogP contribution in [-0.4, -0.2) is 85.3 Å². The molecule has 0 N–H and O–H groups in total. The van der Waals surface area contributed by atoms with Gasteiger partial charge in [-0.1, -0.05) is 13.8 Å². The lowest BCUT2D eigenvalue weighted by Crippen LogP contribution is -2.46. The molecule has 4 rings (SSSR count). The predicted molar refractivity (Wildman–Crippen MR) is 138 cm³/mol. The van der Waals surface area contributed by atoms with Crippen LogP contribution in [0.1, 0.15) is 33.1 Å². The van der Waals surface area contributed by atoms with Crippen LogP contribution in [0.5, 0.6) is 11.5 Å². The third kappa shape index (κ3) is 6.25. The maximum Gasteiger partial charge on any atom is 0.242 e. The smallest absolute Gasteiger partial charge is 0.242 e. The fourth-order valence-electron chi connectivity index (χ4n) is 4.52. The lowest BCUT2D eigenvalue weighted by Gasteiger charge is -2.28. The first kappa shape index (κ1) is 25.7. The minimum absolute atomic E-state index is 0.0273. The lowest BCUT2D eigenvalue weighted by atomic mass is 10.1. The largest absolute Gasteiger partial charge is 0.497 e. The van der Waals surface area contributed by atoms with Crippen molar-refractivity contribution >= 4 is 17.6 Å². The summed E-state index contributed by atoms with van der Waals surface area (Å²) in [5.74, 6) is 2.72. The van der Waals surface area contributed by atoms with Crippen molar-refractivity contribution < 1.29 is 19.1 Å². The number of methoxy groups -OCH3 is 2. The van der Waals surface area contributed by atoms with Gasteiger partial charge in [0.05, 0.1) is 26.5 Å². The van der Waals surface area contributed by atoms with E-state index in [1.54, 1.807) is 19.1 Å². The maximum atomic E-state index is 13.1. The van der Waals surface area contributed by atoms with E-state index in [4.69, 9.17) is 9.47 Å². The van der Waals surface area contributed by atoms with E-state index < -0.39 is 0 Å². The van der Waals surface area contributed by atoms with Gasteiger partial charge in [-0.25, -0.2) is 0 Å². The fourth-order valence-corrected chi connectivity index (χ4v) is 4.52. The van der Waals surface area contributed by atoms with Gasteiger partial charge in [-0.3, -0.25) is 9.59 Å². The molecule has 2 aliphatic rings. The Morgan fingerprint density at radius 3 is 2.47 bits per heavy atom. The molecular formula is C27H37N5O4. The Morgan fingerprint density at radius 2 is 1.83 bits per heavy atom. The zero-order chi connectivity index (χ0) is 25.7. The van der Waals surface area contributed by atoms with Crippen LogP contribution in [0.2, 0.25) is 0 Å². The molecule has 0 spiro atoms. The first-order valence-corrected chi connectivity index (χ1v) is 12.8. The number of ether oxygens (including phenoxy) is 2. The molecule has 194 valence electrons. The average Bonchev–Trinajstić information content (AvgIpc) is 3.74. The number of aromatic nitrogens is 2. The van der Waals surface area contributed by atoms with Gasteiger partial charge in [0, 0.05) is 50.3 Å². The quantitative estimate of drug-likeness (QED) is 0.528. The van der Waals surface area contributed by atoms with Crippen molar-refractivity contribution in [1.82, 2.24) is 20.0 Å². The van der Waals surface area contributed by atoms with Crippen molar-refractivity contribution in [2.45, 2.75) is 33.1 Å². The Balaban J connectivity index is 1.38. The number of carbonyl (C=O) groups excluding carboxylic acids is 2. The van der Waals surface area contributed by atoms with E-state index in [0.29, 0.717) is 43.6 Å². The summed E-state index contributed by atoms with van der Waals surface area (Å²) in [4.78, 5) is 31.6. The Morgan fingerprint density at radius 1 is 1.03 bits per heavy atom. The first-order valence-electron chi connectivity index (χ1n) is 12.8. The molecule has 1 saturated carbocycles. The number of amides is 2. The fraction of sp³-hybridized carbons (Fsp3) is 0.556. The molecule has 0 bridgehead atoms. The van der Waals surface area contributed by atoms with Crippen LogP contribution >= 0.6 is 0 Å². The highest BCUT2D eigenvalue weighted by Crippen LogP contribution is 2.32. The van der Waals surface area contributed by atoms with Gasteiger partial charge in [-0.05, 0) is 49.4 Å². The topological polar surface area (TPSA) is 88.1 Å². The summed E-state index contributed by atoms with van der Waals surface area (Å²) in [5.41, 5.74) is 1.56. The second kappa shape index (κ2) is 11.6. The molecule has 2 fully saturated rings. The molecule has 1 aliphatic carbocycles. The van der Waals surface area contributed by atoms with Gasteiger partial charge >= 0.3 is 0 Å². The summed E-state index contributed by atoms with van der Waals surface area (Å²) < 4.78 is 10.8. The zero-order valence-electron chi connectivity index (χ0n) is 21.8. The molecule has 9 heteroatoms. The van der Waals surface area contributed by atoms with Crippen molar-refractivity contribution in [3.63, 3.8) is 0 Å². The van der Waals surface area contributed by atoms with Crippen LogP contribution in [0.3, 0.4) is 0 Å². The van der Waals surface area contributed by atoms with E-state index in [1.807, 2.05) is 49.1 Å². The second-order valence-electron chi connectivity index (χ2n) is 9.88. The van der Waals surface area contributed by atoms with E-state index in [2.05, 4.69) is 15.1 Å². The van der Waals surface area contributed by atoms with Crippen LogP contribution < -0.4 is 14.4 Å². The Hall–Kier alpha value is -3.36. The third-order valence-corrected chi connectivity index (χ3v) is 6.81. The minimum atomic E-state index is -0.101. The van der Waals surface area contributed by atoms with E-state index in [-0.39, 0.29) is 24.3 Å². The molecule has 9 nitrogen and oxygen atoms in total. The molecule has 2 aromatic rings. The summed E-state index contributed by atoms with van der Waals surface area (Å²) in [5, 5.41) is 8.92. The molecule has 1 saturated heterocycles. The van der Waals surface area contributed by atoms with Crippen LogP contribution in [-0.2, 0) is 9.59 Å². The van der Waals surface area contributed by atoms with Gasteiger partial charge in [-0.2, -0.15) is 0 Å². The van der Waals surface area contributed by atoms with Crippen molar-refractivity contribution in [2.24, 2.45) is 11.8 Å². The Kier molecular flexibility index (Phi) is 8.28. The van der Waals surface area contributed by atoms with Crippen LogP contribution in [0.15, 0.2) is 30.3 Å². The van der Waals surface area contributed by atoms with Gasteiger partial charge in [0.15, 0.2) is 5.82 Å². The normalized spacial score (nSPS) is 16.0. The highest BCUT2D eigenvalue weighted by Gasteiger charge is 2.30. The van der Waals surface area contributed by atoms with Crippen LogP contribution in [0.4, 0.5) is 5.82 Å². The van der Waals surface area contributed by atoms with E-state index >= 15 is 0 Å². The molecule has 2 heterocycles. The Labute approximate surface area is 213 Å². The van der Waals surface area contributed by atoms with Crippen molar-refractivity contribution in [3.05, 3.63) is 30.3 Å². The van der Waals surface area contributed by atoms with Crippen molar-refractivity contribution in [1.29, 1.82) is 0 Å². The molecule has 0 unspecified atom stereocenters. The summed E-state index contributed by atoms with van der Waals surface area (Å²) in [6, 6.07) is 9.50. The number of rotatable bonds is 9. The van der Waals surface area contributed by atoms with Crippen LogP contribution in [0, 0.1) is 11.8 Å². The molecule has 1 aliphatic heterocycles. The number of carbonyl (C=O) groups is 2. The highest BCUT2D eigenvalue weighted by atomic mass is 16.5. The second-order valence-corrected chi connectivity index (χ2v) is 9.88. The molecular weight excluding hydrogens is 458 g/mol. The van der Waals surface area contributed by atoms with Crippen LogP contribution in [0.25, 0.3) is 11.3 Å². The average molecular weight is 496 g/mol. The maximum absolute atomic E-state index is 13.1. The monoisotopic (exact) mass is 495 g/mol.